The molecular formula is C11H10Br2O. The van der Waals surface area contributed by atoms with E-state index in [1.54, 1.807) is 0 Å². The normalized spacial score (nSPS) is 9.50. The zero-order chi connectivity index (χ0) is 10.4. The molecule has 0 heterocycles. The summed E-state index contributed by atoms with van der Waals surface area (Å²) in [7, 11) is 0. The molecule has 0 amide bonds. The Morgan fingerprint density at radius 1 is 1.36 bits per heavy atom. The van der Waals surface area contributed by atoms with E-state index < -0.39 is 0 Å². The second-order valence-electron chi connectivity index (χ2n) is 2.73. The second kappa shape index (κ2) is 6.10. The van der Waals surface area contributed by atoms with E-state index in [1.165, 1.54) is 0 Å². The van der Waals surface area contributed by atoms with Crippen LogP contribution in [-0.2, 0) is 0 Å². The van der Waals surface area contributed by atoms with Crippen LogP contribution in [0.25, 0.3) is 0 Å². The van der Waals surface area contributed by atoms with Gasteiger partial charge in [0.1, 0.15) is 5.75 Å². The molecule has 0 fully saturated rings. The molecule has 0 N–H and O–H groups in total. The van der Waals surface area contributed by atoms with Crippen molar-refractivity contribution >= 4 is 31.9 Å². The topological polar surface area (TPSA) is 9.23 Å². The lowest BCUT2D eigenvalue weighted by Gasteiger charge is -2.07. The Morgan fingerprint density at radius 3 is 2.79 bits per heavy atom. The van der Waals surface area contributed by atoms with Gasteiger partial charge in [0.15, 0.2) is 0 Å². The van der Waals surface area contributed by atoms with Gasteiger partial charge in [-0.05, 0) is 40.5 Å². The van der Waals surface area contributed by atoms with Crippen LogP contribution in [0, 0.1) is 12.3 Å². The van der Waals surface area contributed by atoms with Gasteiger partial charge >= 0.3 is 0 Å². The predicted molar refractivity (Wildman–Crippen MR) is 65.4 cm³/mol. The van der Waals surface area contributed by atoms with Gasteiger partial charge in [0, 0.05) is 10.9 Å². The molecule has 1 nitrogen and oxygen atoms in total. The van der Waals surface area contributed by atoms with Crippen LogP contribution in [0.2, 0.25) is 0 Å². The van der Waals surface area contributed by atoms with E-state index in [2.05, 4.69) is 37.8 Å². The van der Waals surface area contributed by atoms with E-state index in [0.717, 1.165) is 27.5 Å². The minimum atomic E-state index is 0.657. The first kappa shape index (κ1) is 11.6. The summed E-state index contributed by atoms with van der Waals surface area (Å²) in [5.74, 6) is 3.43. The number of unbranched alkanes of at least 4 members (excludes halogenated alkanes) is 1. The summed E-state index contributed by atoms with van der Waals surface area (Å²) in [5, 5.41) is 0. The van der Waals surface area contributed by atoms with E-state index in [4.69, 9.17) is 11.2 Å². The van der Waals surface area contributed by atoms with Crippen molar-refractivity contribution in [2.75, 3.05) is 6.61 Å². The fourth-order valence-corrected chi connectivity index (χ4v) is 2.11. The molecule has 0 radical (unpaired) electrons. The lowest BCUT2D eigenvalue weighted by atomic mass is 10.3. The van der Waals surface area contributed by atoms with E-state index in [-0.39, 0.29) is 0 Å². The van der Waals surface area contributed by atoms with Crippen LogP contribution in [0.4, 0.5) is 0 Å². The number of halogens is 2. The van der Waals surface area contributed by atoms with Crippen molar-refractivity contribution in [3.63, 3.8) is 0 Å². The maximum atomic E-state index is 5.53. The fourth-order valence-electron chi connectivity index (χ4n) is 0.949. The van der Waals surface area contributed by atoms with Crippen LogP contribution in [0.15, 0.2) is 27.1 Å². The molecule has 0 aliphatic carbocycles. The van der Waals surface area contributed by atoms with Crippen LogP contribution in [-0.4, -0.2) is 6.61 Å². The van der Waals surface area contributed by atoms with Crippen molar-refractivity contribution in [1.29, 1.82) is 0 Å². The smallest absolute Gasteiger partial charge is 0.133 e. The number of rotatable bonds is 4. The molecule has 0 aromatic heterocycles. The molecule has 0 saturated carbocycles. The molecule has 0 bridgehead atoms. The standard InChI is InChI=1S/C11H10Br2O/c1-2-3-4-7-14-11-6-5-9(12)8-10(11)13/h1,5-6,8H,3-4,7H2. The average molecular weight is 318 g/mol. The van der Waals surface area contributed by atoms with Gasteiger partial charge in [0.2, 0.25) is 0 Å². The average Bonchev–Trinajstić information content (AvgIpc) is 2.15. The highest BCUT2D eigenvalue weighted by Crippen LogP contribution is 2.28. The lowest BCUT2D eigenvalue weighted by molar-refractivity contribution is 0.311. The van der Waals surface area contributed by atoms with Gasteiger partial charge in [0.05, 0.1) is 11.1 Å². The quantitative estimate of drug-likeness (QED) is 0.602. The summed E-state index contributed by atoms with van der Waals surface area (Å²) in [6, 6.07) is 5.82. The third-order valence-corrected chi connectivity index (χ3v) is 2.73. The number of hydrogen-bond acceptors (Lipinski definition) is 1. The van der Waals surface area contributed by atoms with Crippen molar-refractivity contribution in [2.45, 2.75) is 12.8 Å². The van der Waals surface area contributed by atoms with Gasteiger partial charge in [-0.1, -0.05) is 15.9 Å². The molecule has 14 heavy (non-hydrogen) atoms. The summed E-state index contributed by atoms with van der Waals surface area (Å²) in [6.07, 6.45) is 6.78. The molecule has 0 saturated heterocycles. The first-order chi connectivity index (χ1) is 6.74. The summed E-state index contributed by atoms with van der Waals surface area (Å²) in [4.78, 5) is 0. The summed E-state index contributed by atoms with van der Waals surface area (Å²) in [5.41, 5.74) is 0. The molecule has 0 aliphatic rings. The summed E-state index contributed by atoms with van der Waals surface area (Å²) in [6.45, 7) is 0.657. The minimum Gasteiger partial charge on any atom is -0.492 e. The molecule has 0 aliphatic heterocycles. The Labute approximate surface area is 101 Å². The van der Waals surface area contributed by atoms with Gasteiger partial charge in [0.25, 0.3) is 0 Å². The van der Waals surface area contributed by atoms with Gasteiger partial charge in [-0.25, -0.2) is 0 Å². The summed E-state index contributed by atoms with van der Waals surface area (Å²) < 4.78 is 7.51. The fraction of sp³-hybridized carbons (Fsp3) is 0.273. The molecule has 3 heteroatoms. The Kier molecular flexibility index (Phi) is 5.06. The first-order valence-electron chi connectivity index (χ1n) is 4.25. The van der Waals surface area contributed by atoms with E-state index in [1.807, 2.05) is 18.2 Å². The minimum absolute atomic E-state index is 0.657. The summed E-state index contributed by atoms with van der Waals surface area (Å²) >= 11 is 6.80. The zero-order valence-corrected chi connectivity index (χ0v) is 10.8. The van der Waals surface area contributed by atoms with Crippen molar-refractivity contribution in [2.24, 2.45) is 0 Å². The molecule has 74 valence electrons. The van der Waals surface area contributed by atoms with E-state index in [0.29, 0.717) is 6.61 Å². The predicted octanol–water partition coefficient (Wildman–Crippen LogP) is 4.00. The van der Waals surface area contributed by atoms with Crippen LogP contribution in [0.5, 0.6) is 5.75 Å². The van der Waals surface area contributed by atoms with Crippen LogP contribution in [0.1, 0.15) is 12.8 Å². The van der Waals surface area contributed by atoms with E-state index in [9.17, 15) is 0 Å². The lowest BCUT2D eigenvalue weighted by Crippen LogP contribution is -1.97. The number of terminal acetylenes is 1. The Balaban J connectivity index is 2.47. The van der Waals surface area contributed by atoms with Gasteiger partial charge in [-0.3, -0.25) is 0 Å². The second-order valence-corrected chi connectivity index (χ2v) is 4.50. The zero-order valence-electron chi connectivity index (χ0n) is 7.59. The largest absolute Gasteiger partial charge is 0.492 e. The van der Waals surface area contributed by atoms with Crippen molar-refractivity contribution in [1.82, 2.24) is 0 Å². The molecule has 0 unspecified atom stereocenters. The molecule has 1 rings (SSSR count). The third kappa shape index (κ3) is 3.73. The monoisotopic (exact) mass is 316 g/mol. The van der Waals surface area contributed by atoms with Gasteiger partial charge < -0.3 is 4.74 Å². The highest BCUT2D eigenvalue weighted by atomic mass is 79.9. The van der Waals surface area contributed by atoms with Gasteiger partial charge in [-0.15, -0.1) is 12.3 Å². The number of ether oxygens (including phenoxy) is 1. The highest BCUT2D eigenvalue weighted by molar-refractivity contribution is 9.11. The maximum absolute atomic E-state index is 5.53. The SMILES string of the molecule is C#CCCCOc1ccc(Br)cc1Br. The molecule has 1 aromatic carbocycles. The van der Waals surface area contributed by atoms with Crippen LogP contribution < -0.4 is 4.74 Å². The molecule has 1 aromatic rings. The molecular weight excluding hydrogens is 308 g/mol. The van der Waals surface area contributed by atoms with E-state index >= 15 is 0 Å². The Hall–Kier alpha value is -0.460. The number of hydrogen-bond donors (Lipinski definition) is 0. The Morgan fingerprint density at radius 2 is 2.14 bits per heavy atom. The Bertz CT molecular complexity index is 342. The van der Waals surface area contributed by atoms with Crippen LogP contribution in [0.3, 0.4) is 0 Å². The van der Waals surface area contributed by atoms with Gasteiger partial charge in [-0.2, -0.15) is 0 Å². The third-order valence-electron chi connectivity index (χ3n) is 1.62. The number of benzene rings is 1. The molecule has 0 spiro atoms. The first-order valence-corrected chi connectivity index (χ1v) is 5.84. The van der Waals surface area contributed by atoms with Crippen LogP contribution >= 0.6 is 31.9 Å². The van der Waals surface area contributed by atoms with Crippen molar-refractivity contribution in [3.05, 3.63) is 27.1 Å². The maximum Gasteiger partial charge on any atom is 0.133 e. The van der Waals surface area contributed by atoms with Crippen molar-refractivity contribution in [3.8, 4) is 18.1 Å². The van der Waals surface area contributed by atoms with Crippen molar-refractivity contribution < 1.29 is 4.74 Å². The molecule has 0 atom stereocenters. The highest BCUT2D eigenvalue weighted by Gasteiger charge is 2.00.